The van der Waals surface area contributed by atoms with E-state index in [0.29, 0.717) is 0 Å². The summed E-state index contributed by atoms with van der Waals surface area (Å²) in [5, 5.41) is 3.87. The Kier molecular flexibility index (Phi) is 12.2. The molecule has 0 amide bonds. The van der Waals surface area contributed by atoms with Crippen molar-refractivity contribution in [2.75, 3.05) is 15.1 Å². The fourth-order valence-electron chi connectivity index (χ4n) is 8.26. The SMILES string of the molecule is Cc1cc(Nc2cccc(N(c3cc(-c4ccccc4)ccc3C)c3cc(-c4ccccc4)ccc3C)c2)c(Br)c(N(c2ccc(C(C)(C)C)cc2)c2ccc(C(C)(C)C)cc2)c1. The summed E-state index contributed by atoms with van der Waals surface area (Å²) in [4.78, 5) is 4.79. The molecule has 1 N–H and O–H groups in total. The van der Waals surface area contributed by atoms with Gasteiger partial charge in [0.15, 0.2) is 0 Å². The minimum absolute atomic E-state index is 0.0512. The van der Waals surface area contributed by atoms with Gasteiger partial charge in [-0.1, -0.05) is 157 Å². The second-order valence-corrected chi connectivity index (χ2v) is 19.6. The summed E-state index contributed by atoms with van der Waals surface area (Å²) in [5.74, 6) is 0. The first-order chi connectivity index (χ1) is 30.1. The molecular weight excluding hydrogens is 831 g/mol. The van der Waals surface area contributed by atoms with Gasteiger partial charge in [0.25, 0.3) is 0 Å². The molecule has 8 aromatic rings. The number of hydrogen-bond donors (Lipinski definition) is 1. The Morgan fingerprint density at radius 3 is 1.33 bits per heavy atom. The number of nitrogens with one attached hydrogen (secondary N) is 1. The number of hydrogen-bond acceptors (Lipinski definition) is 3. The normalized spacial score (nSPS) is 11.7. The summed E-state index contributed by atoms with van der Waals surface area (Å²) in [7, 11) is 0. The van der Waals surface area contributed by atoms with Crippen molar-refractivity contribution in [1.29, 1.82) is 0 Å². The predicted molar refractivity (Wildman–Crippen MR) is 276 cm³/mol. The Bertz CT molecular complexity index is 2700. The van der Waals surface area contributed by atoms with Crippen molar-refractivity contribution in [2.45, 2.75) is 73.1 Å². The molecule has 0 bridgehead atoms. The van der Waals surface area contributed by atoms with Crippen molar-refractivity contribution in [3.8, 4) is 22.3 Å². The first kappa shape index (κ1) is 43.3. The summed E-state index contributed by atoms with van der Waals surface area (Å²) >= 11 is 4.15. The first-order valence-corrected chi connectivity index (χ1v) is 22.7. The molecule has 316 valence electrons. The van der Waals surface area contributed by atoms with Crippen LogP contribution in [0.25, 0.3) is 22.3 Å². The lowest BCUT2D eigenvalue weighted by molar-refractivity contribution is 0.590. The van der Waals surface area contributed by atoms with Crippen LogP contribution >= 0.6 is 15.9 Å². The van der Waals surface area contributed by atoms with E-state index < -0.39 is 0 Å². The minimum atomic E-state index is 0.0512. The monoisotopic (exact) mass is 887 g/mol. The van der Waals surface area contributed by atoms with Crippen molar-refractivity contribution in [3.05, 3.63) is 214 Å². The maximum absolute atomic E-state index is 4.15. The van der Waals surface area contributed by atoms with E-state index in [4.69, 9.17) is 0 Å². The van der Waals surface area contributed by atoms with E-state index in [9.17, 15) is 0 Å². The highest BCUT2D eigenvalue weighted by atomic mass is 79.9. The smallest absolute Gasteiger partial charge is 0.0651 e. The van der Waals surface area contributed by atoms with Gasteiger partial charge in [-0.05, 0) is 164 Å². The Labute approximate surface area is 384 Å². The molecule has 4 heteroatoms. The Morgan fingerprint density at radius 1 is 0.397 bits per heavy atom. The van der Waals surface area contributed by atoms with Crippen LogP contribution in [0.3, 0.4) is 0 Å². The Morgan fingerprint density at radius 2 is 0.873 bits per heavy atom. The van der Waals surface area contributed by atoms with Crippen molar-refractivity contribution in [2.24, 2.45) is 0 Å². The van der Waals surface area contributed by atoms with Gasteiger partial charge in [-0.15, -0.1) is 0 Å². The lowest BCUT2D eigenvalue weighted by Gasteiger charge is -2.30. The minimum Gasteiger partial charge on any atom is -0.354 e. The number of benzene rings is 8. The van der Waals surface area contributed by atoms with Crippen LogP contribution in [0.1, 0.15) is 69.4 Å². The fourth-order valence-corrected chi connectivity index (χ4v) is 8.76. The van der Waals surface area contributed by atoms with Gasteiger partial charge in [-0.25, -0.2) is 0 Å². The maximum Gasteiger partial charge on any atom is 0.0651 e. The van der Waals surface area contributed by atoms with Crippen molar-refractivity contribution in [1.82, 2.24) is 0 Å². The molecule has 0 aliphatic heterocycles. The first-order valence-electron chi connectivity index (χ1n) is 21.9. The number of anilines is 8. The standard InChI is InChI=1S/C59H58BrN3/c1-40-35-53(57(60)56(36-40)62(50-31-27-47(28-32-50)58(4,5)6)51-33-29-48(30-34-51)59(7,8)9)61-49-21-16-22-52(39-49)63(54-37-45(25-23-41(54)2)43-17-12-10-13-18-43)55-38-46(26-24-42(55)3)44-19-14-11-15-20-44/h10-39,61H,1-9H3. The molecule has 0 aliphatic rings. The second-order valence-electron chi connectivity index (χ2n) is 18.8. The number of nitrogens with zero attached hydrogens (tertiary/aromatic N) is 2. The molecule has 8 rings (SSSR count). The van der Waals surface area contributed by atoms with Crippen LogP contribution in [0, 0.1) is 20.8 Å². The average molecular weight is 889 g/mol. The van der Waals surface area contributed by atoms with Gasteiger partial charge in [0.05, 0.1) is 15.8 Å². The van der Waals surface area contributed by atoms with E-state index in [1.165, 1.54) is 44.5 Å². The van der Waals surface area contributed by atoms with E-state index in [1.54, 1.807) is 0 Å². The van der Waals surface area contributed by atoms with Gasteiger partial charge in [0.2, 0.25) is 0 Å². The van der Waals surface area contributed by atoms with Gasteiger partial charge in [-0.3, -0.25) is 0 Å². The van der Waals surface area contributed by atoms with E-state index in [0.717, 1.165) is 55.5 Å². The van der Waals surface area contributed by atoms with Crippen LogP contribution in [0.4, 0.5) is 45.5 Å². The van der Waals surface area contributed by atoms with Crippen LogP contribution < -0.4 is 15.1 Å². The Balaban J connectivity index is 1.24. The molecule has 0 atom stereocenters. The molecule has 0 saturated heterocycles. The van der Waals surface area contributed by atoms with Gasteiger partial charge >= 0.3 is 0 Å². The molecule has 0 saturated carbocycles. The quantitative estimate of drug-likeness (QED) is 0.148. The van der Waals surface area contributed by atoms with E-state index in [-0.39, 0.29) is 10.8 Å². The molecule has 3 nitrogen and oxygen atoms in total. The molecule has 63 heavy (non-hydrogen) atoms. The highest BCUT2D eigenvalue weighted by Gasteiger charge is 2.23. The highest BCUT2D eigenvalue weighted by molar-refractivity contribution is 9.10. The van der Waals surface area contributed by atoms with Crippen molar-refractivity contribution in [3.63, 3.8) is 0 Å². The zero-order valence-electron chi connectivity index (χ0n) is 38.1. The van der Waals surface area contributed by atoms with Gasteiger partial charge < -0.3 is 15.1 Å². The second kappa shape index (κ2) is 17.8. The van der Waals surface area contributed by atoms with Crippen LogP contribution in [0.5, 0.6) is 0 Å². The Hall–Kier alpha value is -6.36. The topological polar surface area (TPSA) is 18.5 Å². The number of aryl methyl sites for hydroxylation is 3. The summed E-state index contributed by atoms with van der Waals surface area (Å²) < 4.78 is 0.980. The van der Waals surface area contributed by atoms with Crippen LogP contribution in [-0.2, 0) is 10.8 Å². The third-order valence-electron chi connectivity index (χ3n) is 11.9. The van der Waals surface area contributed by atoms with E-state index in [2.05, 4.69) is 275 Å². The molecule has 0 spiro atoms. The predicted octanol–water partition coefficient (Wildman–Crippen LogP) is 18.0. The molecule has 0 aromatic heterocycles. The van der Waals surface area contributed by atoms with Gasteiger partial charge in [-0.2, -0.15) is 0 Å². The molecule has 0 unspecified atom stereocenters. The summed E-state index contributed by atoms with van der Waals surface area (Å²) in [5.41, 5.74) is 19.5. The molecule has 8 aromatic carbocycles. The van der Waals surface area contributed by atoms with E-state index in [1.807, 2.05) is 0 Å². The van der Waals surface area contributed by atoms with Gasteiger partial charge in [0, 0.05) is 34.1 Å². The summed E-state index contributed by atoms with van der Waals surface area (Å²) in [6.45, 7) is 20.2. The van der Waals surface area contributed by atoms with Gasteiger partial charge in [0.1, 0.15) is 0 Å². The lowest BCUT2D eigenvalue weighted by atomic mass is 9.86. The molecule has 0 radical (unpaired) electrons. The third-order valence-corrected chi connectivity index (χ3v) is 12.8. The fraction of sp³-hybridized carbons (Fsp3) is 0.186. The van der Waals surface area contributed by atoms with E-state index >= 15 is 0 Å². The lowest BCUT2D eigenvalue weighted by Crippen LogP contribution is -2.15. The maximum atomic E-state index is 4.15. The van der Waals surface area contributed by atoms with Crippen molar-refractivity contribution >= 4 is 61.4 Å². The molecule has 0 heterocycles. The molecular formula is C59H58BrN3. The summed E-state index contributed by atoms with van der Waals surface area (Å²) in [6, 6.07) is 66.3. The van der Waals surface area contributed by atoms with Crippen LogP contribution in [0.2, 0.25) is 0 Å². The highest BCUT2D eigenvalue weighted by Crippen LogP contribution is 2.46. The molecule has 0 fully saturated rings. The van der Waals surface area contributed by atoms with Crippen molar-refractivity contribution < 1.29 is 0 Å². The average Bonchev–Trinajstić information content (AvgIpc) is 3.27. The summed E-state index contributed by atoms with van der Waals surface area (Å²) in [6.07, 6.45) is 0. The molecule has 0 aliphatic carbocycles. The van der Waals surface area contributed by atoms with Crippen LogP contribution in [0.15, 0.2) is 186 Å². The largest absolute Gasteiger partial charge is 0.354 e. The zero-order valence-corrected chi connectivity index (χ0v) is 39.7. The third kappa shape index (κ3) is 9.53. The zero-order chi connectivity index (χ0) is 44.5. The number of rotatable bonds is 10. The van der Waals surface area contributed by atoms with Crippen LogP contribution in [-0.4, -0.2) is 0 Å². The number of halogens is 1.